The molecule has 1 aromatic carbocycles. The third kappa shape index (κ3) is 3.25. The molecule has 1 amide bonds. The topological polar surface area (TPSA) is 41.5 Å². The average molecular weight is 317 g/mol. The Morgan fingerprint density at radius 3 is 2.79 bits per heavy atom. The van der Waals surface area contributed by atoms with Crippen molar-refractivity contribution in [2.24, 2.45) is 16.8 Å². The van der Waals surface area contributed by atoms with Gasteiger partial charge in [-0.1, -0.05) is 30.1 Å². The van der Waals surface area contributed by atoms with Gasteiger partial charge in [0.2, 0.25) is 5.91 Å². The van der Waals surface area contributed by atoms with E-state index >= 15 is 0 Å². The molecule has 1 N–H and O–H groups in total. The second-order valence-electron chi connectivity index (χ2n) is 4.46. The first-order chi connectivity index (χ1) is 9.02. The van der Waals surface area contributed by atoms with Crippen LogP contribution in [0.5, 0.6) is 0 Å². The summed E-state index contributed by atoms with van der Waals surface area (Å²) >= 11 is 13.3. The van der Waals surface area contributed by atoms with E-state index in [1.54, 1.807) is 18.2 Å². The van der Waals surface area contributed by atoms with Crippen LogP contribution < -0.4 is 5.32 Å². The van der Waals surface area contributed by atoms with Crippen LogP contribution in [-0.4, -0.2) is 23.8 Å². The van der Waals surface area contributed by atoms with Gasteiger partial charge in [-0.3, -0.25) is 9.79 Å². The molecule has 19 heavy (non-hydrogen) atoms. The number of benzene rings is 1. The summed E-state index contributed by atoms with van der Waals surface area (Å²) in [5, 5.41) is 4.66. The van der Waals surface area contributed by atoms with Crippen molar-refractivity contribution in [2.45, 2.75) is 6.92 Å². The minimum atomic E-state index is -0.176. The lowest BCUT2D eigenvalue weighted by Gasteiger charge is -2.16. The number of carbonyl (C=O) groups is 1. The van der Waals surface area contributed by atoms with Crippen LogP contribution in [0, 0.1) is 11.8 Å². The van der Waals surface area contributed by atoms with Gasteiger partial charge in [-0.15, -0.1) is 11.8 Å². The Morgan fingerprint density at radius 1 is 1.42 bits per heavy atom. The van der Waals surface area contributed by atoms with E-state index < -0.39 is 0 Å². The first-order valence-corrected chi connectivity index (χ1v) is 7.85. The fourth-order valence-electron chi connectivity index (χ4n) is 2.04. The number of halogens is 2. The van der Waals surface area contributed by atoms with Gasteiger partial charge < -0.3 is 5.32 Å². The van der Waals surface area contributed by atoms with E-state index in [1.807, 2.05) is 13.2 Å². The molecule has 0 saturated heterocycles. The number of anilines is 1. The number of hydrogen-bond acceptors (Lipinski definition) is 3. The van der Waals surface area contributed by atoms with Crippen molar-refractivity contribution < 1.29 is 4.79 Å². The van der Waals surface area contributed by atoms with Crippen LogP contribution in [0.2, 0.25) is 10.0 Å². The summed E-state index contributed by atoms with van der Waals surface area (Å²) in [4.78, 5) is 16.7. The molecule has 1 aliphatic rings. The predicted octanol–water partition coefficient (Wildman–Crippen LogP) is 3.96. The molecular weight excluding hydrogens is 303 g/mol. The van der Waals surface area contributed by atoms with Crippen molar-refractivity contribution in [1.82, 2.24) is 0 Å². The molecule has 1 heterocycles. The smallest absolute Gasteiger partial charge is 0.234 e. The Morgan fingerprint density at radius 2 is 2.16 bits per heavy atom. The minimum Gasteiger partial charge on any atom is -0.325 e. The van der Waals surface area contributed by atoms with Crippen LogP contribution in [0.3, 0.4) is 0 Å². The van der Waals surface area contributed by atoms with Crippen LogP contribution in [0.4, 0.5) is 5.69 Å². The maximum absolute atomic E-state index is 12.3. The highest BCUT2D eigenvalue weighted by Gasteiger charge is 2.34. The normalized spacial score (nSPS) is 22.2. The lowest BCUT2D eigenvalue weighted by Crippen LogP contribution is -2.30. The van der Waals surface area contributed by atoms with Crippen LogP contribution in [-0.2, 0) is 4.79 Å². The molecule has 0 bridgehead atoms. The number of nitrogens with zero attached hydrogens (tertiary/aromatic N) is 1. The van der Waals surface area contributed by atoms with Crippen LogP contribution in [0.25, 0.3) is 0 Å². The van der Waals surface area contributed by atoms with E-state index in [0.29, 0.717) is 22.3 Å². The molecule has 1 aromatic rings. The molecule has 2 atom stereocenters. The molecule has 3 nitrogen and oxygen atoms in total. The molecule has 0 aliphatic carbocycles. The van der Waals surface area contributed by atoms with Gasteiger partial charge in [-0.2, -0.15) is 0 Å². The van der Waals surface area contributed by atoms with E-state index in [0.717, 1.165) is 5.04 Å². The highest BCUT2D eigenvalue weighted by molar-refractivity contribution is 8.13. The van der Waals surface area contributed by atoms with Gasteiger partial charge in [0.25, 0.3) is 0 Å². The molecule has 2 unspecified atom stereocenters. The highest BCUT2D eigenvalue weighted by Crippen LogP contribution is 2.29. The average Bonchev–Trinajstić information content (AvgIpc) is 2.75. The lowest BCUT2D eigenvalue weighted by molar-refractivity contribution is -0.118. The summed E-state index contributed by atoms with van der Waals surface area (Å²) in [7, 11) is 0. The quantitative estimate of drug-likeness (QED) is 0.897. The molecule has 102 valence electrons. The largest absolute Gasteiger partial charge is 0.325 e. The number of amides is 1. The number of aliphatic imine (C=N–C) groups is 1. The zero-order valence-electron chi connectivity index (χ0n) is 10.6. The van der Waals surface area contributed by atoms with Crippen LogP contribution in [0.1, 0.15) is 6.92 Å². The molecule has 0 aromatic heterocycles. The van der Waals surface area contributed by atoms with Crippen LogP contribution in [0.15, 0.2) is 23.2 Å². The Kier molecular flexibility index (Phi) is 4.76. The Balaban J connectivity index is 2.12. The summed E-state index contributed by atoms with van der Waals surface area (Å²) in [5.41, 5.74) is 0.652. The van der Waals surface area contributed by atoms with Crippen molar-refractivity contribution in [3.8, 4) is 0 Å². The maximum atomic E-state index is 12.3. The summed E-state index contributed by atoms with van der Waals surface area (Å²) in [6.45, 7) is 2.74. The lowest BCUT2D eigenvalue weighted by atomic mass is 9.97. The minimum absolute atomic E-state index is 0.0449. The van der Waals surface area contributed by atoms with E-state index in [1.165, 1.54) is 11.8 Å². The van der Waals surface area contributed by atoms with E-state index in [2.05, 4.69) is 10.3 Å². The zero-order chi connectivity index (χ0) is 14.0. The van der Waals surface area contributed by atoms with Crippen molar-refractivity contribution in [3.63, 3.8) is 0 Å². The number of thioether (sulfide) groups is 1. The summed E-state index contributed by atoms with van der Waals surface area (Å²) < 4.78 is 0. The maximum Gasteiger partial charge on any atom is 0.234 e. The van der Waals surface area contributed by atoms with Crippen LogP contribution >= 0.6 is 35.0 Å². The molecule has 0 saturated carbocycles. The molecule has 1 aliphatic heterocycles. The van der Waals surface area contributed by atoms with Crippen molar-refractivity contribution in [3.05, 3.63) is 28.2 Å². The molecule has 0 radical (unpaired) electrons. The first kappa shape index (κ1) is 14.7. The third-order valence-electron chi connectivity index (χ3n) is 3.05. The number of nitrogens with one attached hydrogen (secondary N) is 1. The Labute approximate surface area is 126 Å². The van der Waals surface area contributed by atoms with E-state index in [9.17, 15) is 4.79 Å². The summed E-state index contributed by atoms with van der Waals surface area (Å²) in [6.07, 6.45) is 1.94. The molecule has 0 spiro atoms. The van der Waals surface area contributed by atoms with E-state index in [4.69, 9.17) is 23.2 Å². The molecular formula is C13H14Cl2N2OS. The highest BCUT2D eigenvalue weighted by atomic mass is 35.5. The Bertz CT molecular complexity index is 533. The van der Waals surface area contributed by atoms with Crippen molar-refractivity contribution in [1.29, 1.82) is 0 Å². The molecule has 0 fully saturated rings. The van der Waals surface area contributed by atoms with Gasteiger partial charge in [-0.05, 0) is 30.4 Å². The number of hydrogen-bond donors (Lipinski definition) is 1. The van der Waals surface area contributed by atoms with Gasteiger partial charge in [0, 0.05) is 12.2 Å². The zero-order valence-corrected chi connectivity index (χ0v) is 12.9. The Hall–Kier alpha value is -0.710. The third-order valence-corrected chi connectivity index (χ3v) is 4.59. The fourth-order valence-corrected chi connectivity index (χ4v) is 3.13. The molecule has 6 heteroatoms. The number of carbonyl (C=O) groups excluding carboxylic acids is 1. The van der Waals surface area contributed by atoms with Gasteiger partial charge in [0.15, 0.2) is 0 Å². The number of rotatable bonds is 2. The fraction of sp³-hybridized carbons (Fsp3) is 0.385. The van der Waals surface area contributed by atoms with Gasteiger partial charge in [-0.25, -0.2) is 0 Å². The predicted molar refractivity (Wildman–Crippen MR) is 83.6 cm³/mol. The monoisotopic (exact) mass is 316 g/mol. The summed E-state index contributed by atoms with van der Waals surface area (Å²) in [5.74, 6) is 0.00571. The van der Waals surface area contributed by atoms with Gasteiger partial charge in [0.1, 0.15) is 0 Å². The second-order valence-corrected chi connectivity index (χ2v) is 6.10. The van der Waals surface area contributed by atoms with Crippen molar-refractivity contribution >= 4 is 51.6 Å². The van der Waals surface area contributed by atoms with Gasteiger partial charge >= 0.3 is 0 Å². The first-order valence-electron chi connectivity index (χ1n) is 5.87. The van der Waals surface area contributed by atoms with Gasteiger partial charge in [0.05, 0.1) is 21.0 Å². The second kappa shape index (κ2) is 6.16. The summed E-state index contributed by atoms with van der Waals surface area (Å²) in [6, 6.07) is 5.06. The van der Waals surface area contributed by atoms with E-state index in [-0.39, 0.29) is 17.7 Å². The van der Waals surface area contributed by atoms with Crippen molar-refractivity contribution in [2.75, 3.05) is 18.1 Å². The standard InChI is InChI=1S/C13H14Cl2N2OS/c1-7-6-16-13(19-2)11(7)12(18)17-8-3-4-9(14)10(15)5-8/h3-5,7,11H,6H2,1-2H3,(H,17,18). The molecule has 2 rings (SSSR count). The SMILES string of the molecule is CSC1=NCC(C)C1C(=O)Nc1ccc(Cl)c(Cl)c1.